The third-order valence-corrected chi connectivity index (χ3v) is 3.97. The highest BCUT2D eigenvalue weighted by Crippen LogP contribution is 2.34. The Balaban J connectivity index is 0.00000220. The average molecular weight is 310 g/mol. The summed E-state index contributed by atoms with van der Waals surface area (Å²) < 4.78 is 0. The number of hydrogen-bond donors (Lipinski definition) is 1. The van der Waals surface area contributed by atoms with Gasteiger partial charge in [0, 0.05) is 0 Å². The van der Waals surface area contributed by atoms with E-state index in [1.54, 1.807) is 0 Å². The minimum atomic E-state index is -0.484. The highest BCUT2D eigenvalue weighted by molar-refractivity contribution is 5.88. The average Bonchev–Trinajstić information content (AvgIpc) is 2.53. The molecule has 116 valence electrons. The molecule has 21 heavy (non-hydrogen) atoms. The lowest BCUT2D eigenvalue weighted by molar-refractivity contribution is -0.124. The second-order valence-electron chi connectivity index (χ2n) is 5.32. The van der Waals surface area contributed by atoms with Crippen molar-refractivity contribution in [3.8, 4) is 0 Å². The molecule has 0 aromatic heterocycles. The minimum absolute atomic E-state index is 0. The van der Waals surface area contributed by atoms with E-state index in [0.29, 0.717) is 6.54 Å². The molecule has 1 heterocycles. The first-order chi connectivity index (χ1) is 9.79. The van der Waals surface area contributed by atoms with Gasteiger partial charge in [-0.3, -0.25) is 4.79 Å². The molecule has 0 atom stereocenters. The summed E-state index contributed by atoms with van der Waals surface area (Å²) in [6, 6.07) is 10.0. The number of benzene rings is 1. The summed E-state index contributed by atoms with van der Waals surface area (Å²) in [6.07, 6.45) is 3.64. The predicted octanol–water partition coefficient (Wildman–Crippen LogP) is 3.51. The fraction of sp³-hybridized carbons (Fsp3) is 0.562. The third-order valence-electron chi connectivity index (χ3n) is 3.97. The molecule has 1 aliphatic heterocycles. The van der Waals surface area contributed by atoms with E-state index in [-0.39, 0.29) is 18.3 Å². The van der Waals surface area contributed by atoms with E-state index in [1.165, 1.54) is 0 Å². The molecule has 5 heteroatoms. The predicted molar refractivity (Wildman–Crippen MR) is 87.1 cm³/mol. The topological polar surface area (TPSA) is 53.8 Å². The highest BCUT2D eigenvalue weighted by atomic mass is 35.5. The molecule has 0 spiro atoms. The van der Waals surface area contributed by atoms with Gasteiger partial charge in [0.25, 0.3) is 5.91 Å². The maximum absolute atomic E-state index is 12.6. The number of hydrogen-bond acceptors (Lipinski definition) is 3. The number of unbranched alkanes of at least 4 members (excludes halogenated alkanes) is 1. The molecule has 0 unspecified atom stereocenters. The number of carbonyl (C=O) groups excluding carboxylic acids is 1. The van der Waals surface area contributed by atoms with Crippen LogP contribution < -0.4 is 5.32 Å². The molecule has 1 aliphatic rings. The minimum Gasteiger partial charge on any atom is -0.317 e. The molecule has 1 saturated heterocycles. The Hall–Kier alpha value is -1.26. The van der Waals surface area contributed by atoms with E-state index in [9.17, 15) is 4.79 Å². The molecule has 4 nitrogen and oxygen atoms in total. The quantitative estimate of drug-likeness (QED) is 0.668. The smallest absolute Gasteiger partial charge is 0.274 e. The van der Waals surface area contributed by atoms with Crippen molar-refractivity contribution in [3.63, 3.8) is 0 Å². The van der Waals surface area contributed by atoms with E-state index >= 15 is 0 Å². The van der Waals surface area contributed by atoms with E-state index in [0.717, 1.165) is 44.3 Å². The van der Waals surface area contributed by atoms with E-state index in [1.807, 2.05) is 30.3 Å². The first-order valence-electron chi connectivity index (χ1n) is 7.48. The molecule has 1 fully saturated rings. The second kappa shape index (κ2) is 8.90. The Morgan fingerprint density at radius 2 is 1.90 bits per heavy atom. The summed E-state index contributed by atoms with van der Waals surface area (Å²) >= 11 is 0. The van der Waals surface area contributed by atoms with Crippen LogP contribution in [0.2, 0.25) is 0 Å². The first-order valence-corrected chi connectivity index (χ1v) is 7.48. The van der Waals surface area contributed by atoms with Crippen molar-refractivity contribution < 1.29 is 4.79 Å². The van der Waals surface area contributed by atoms with Crippen LogP contribution in [0.15, 0.2) is 40.6 Å². The number of piperidine rings is 1. The van der Waals surface area contributed by atoms with Crippen molar-refractivity contribution in [3.05, 3.63) is 35.9 Å². The molecule has 0 bridgehead atoms. The zero-order valence-electron chi connectivity index (χ0n) is 12.5. The van der Waals surface area contributed by atoms with Gasteiger partial charge in [0.2, 0.25) is 0 Å². The molecule has 1 N–H and O–H groups in total. The Kier molecular flexibility index (Phi) is 7.54. The molecule has 0 aliphatic carbocycles. The zero-order valence-corrected chi connectivity index (χ0v) is 13.4. The summed E-state index contributed by atoms with van der Waals surface area (Å²) in [5, 5.41) is 11.4. The van der Waals surface area contributed by atoms with Crippen LogP contribution >= 0.6 is 12.4 Å². The fourth-order valence-electron chi connectivity index (χ4n) is 2.68. The fourth-order valence-corrected chi connectivity index (χ4v) is 2.68. The second-order valence-corrected chi connectivity index (χ2v) is 5.32. The number of azo groups is 1. The Morgan fingerprint density at radius 1 is 1.24 bits per heavy atom. The van der Waals surface area contributed by atoms with E-state index < -0.39 is 5.41 Å². The Bertz CT molecular complexity index is 456. The molecular formula is C16H24ClN3O. The van der Waals surface area contributed by atoms with Crippen molar-refractivity contribution in [2.24, 2.45) is 10.2 Å². The summed E-state index contributed by atoms with van der Waals surface area (Å²) in [7, 11) is 0. The van der Waals surface area contributed by atoms with Crippen LogP contribution in [0.4, 0.5) is 0 Å². The summed E-state index contributed by atoms with van der Waals surface area (Å²) in [6.45, 7) is 4.46. The van der Waals surface area contributed by atoms with Crippen LogP contribution in [0, 0.1) is 0 Å². The van der Waals surface area contributed by atoms with Gasteiger partial charge in [-0.05, 0) is 37.9 Å². The van der Waals surface area contributed by atoms with Crippen LogP contribution in [-0.4, -0.2) is 25.5 Å². The summed E-state index contributed by atoms with van der Waals surface area (Å²) in [5.41, 5.74) is 0.586. The monoisotopic (exact) mass is 309 g/mol. The molecule has 0 radical (unpaired) electrons. The summed E-state index contributed by atoms with van der Waals surface area (Å²) in [5.74, 6) is -0.0821. The van der Waals surface area contributed by atoms with Crippen molar-refractivity contribution >= 4 is 18.3 Å². The maximum atomic E-state index is 12.6. The molecule has 1 aromatic carbocycles. The van der Waals surface area contributed by atoms with Crippen LogP contribution in [0.1, 0.15) is 38.2 Å². The molecular weight excluding hydrogens is 286 g/mol. The SMILES string of the molecule is CCCCN=NC(=O)C1(c2ccccc2)CCNCC1.Cl. The van der Waals surface area contributed by atoms with Gasteiger partial charge in [0.1, 0.15) is 0 Å². The third kappa shape index (κ3) is 4.35. The van der Waals surface area contributed by atoms with Gasteiger partial charge >= 0.3 is 0 Å². The zero-order chi connectivity index (χ0) is 14.3. The molecule has 1 aromatic rings. The van der Waals surface area contributed by atoms with Gasteiger partial charge in [-0.15, -0.1) is 17.5 Å². The number of carbonyl (C=O) groups is 1. The standard InChI is InChI=1S/C16H23N3O.ClH/c1-2-3-11-18-19-15(20)16(9-12-17-13-10-16)14-7-5-4-6-8-14;/h4-8,17H,2-3,9-13H2,1H3;1H. The normalized spacial score (nSPS) is 17.4. The molecule has 0 saturated carbocycles. The van der Waals surface area contributed by atoms with Crippen LogP contribution in [0.3, 0.4) is 0 Å². The van der Waals surface area contributed by atoms with Crippen molar-refractivity contribution in [1.82, 2.24) is 5.32 Å². The van der Waals surface area contributed by atoms with Crippen molar-refractivity contribution in [2.75, 3.05) is 19.6 Å². The Labute approximate surface area is 132 Å². The van der Waals surface area contributed by atoms with Crippen molar-refractivity contribution in [1.29, 1.82) is 0 Å². The van der Waals surface area contributed by atoms with E-state index in [4.69, 9.17) is 0 Å². The van der Waals surface area contributed by atoms with Crippen LogP contribution in [0.25, 0.3) is 0 Å². The lowest BCUT2D eigenvalue weighted by Crippen LogP contribution is -2.44. The lowest BCUT2D eigenvalue weighted by Gasteiger charge is -2.34. The van der Waals surface area contributed by atoms with Gasteiger partial charge in [-0.2, -0.15) is 5.11 Å². The number of halogens is 1. The van der Waals surface area contributed by atoms with Gasteiger partial charge < -0.3 is 5.32 Å². The van der Waals surface area contributed by atoms with Crippen LogP contribution in [0.5, 0.6) is 0 Å². The number of nitrogens with zero attached hydrogens (tertiary/aromatic N) is 2. The Morgan fingerprint density at radius 3 is 2.52 bits per heavy atom. The largest absolute Gasteiger partial charge is 0.317 e. The van der Waals surface area contributed by atoms with Crippen molar-refractivity contribution in [2.45, 2.75) is 38.0 Å². The van der Waals surface area contributed by atoms with Gasteiger partial charge in [0.15, 0.2) is 0 Å². The molecule has 1 amide bonds. The molecule has 2 rings (SSSR count). The van der Waals surface area contributed by atoms with Crippen LogP contribution in [-0.2, 0) is 10.2 Å². The van der Waals surface area contributed by atoms with Gasteiger partial charge in [-0.1, -0.05) is 43.7 Å². The van der Waals surface area contributed by atoms with E-state index in [2.05, 4.69) is 22.5 Å². The van der Waals surface area contributed by atoms with Gasteiger partial charge in [0.05, 0.1) is 12.0 Å². The number of nitrogens with one attached hydrogen (secondary N) is 1. The van der Waals surface area contributed by atoms with Gasteiger partial charge in [-0.25, -0.2) is 0 Å². The first kappa shape index (κ1) is 17.8. The lowest BCUT2D eigenvalue weighted by atomic mass is 9.72. The highest BCUT2D eigenvalue weighted by Gasteiger charge is 2.41. The number of amides is 1. The maximum Gasteiger partial charge on any atom is 0.274 e. The number of rotatable bonds is 5. The summed E-state index contributed by atoms with van der Waals surface area (Å²) in [4.78, 5) is 12.6.